The number of amides is 2. The molecule has 0 spiro atoms. The van der Waals surface area contributed by atoms with E-state index in [2.05, 4.69) is 25.7 Å². The van der Waals surface area contributed by atoms with Crippen LogP contribution in [-0.2, 0) is 0 Å². The van der Waals surface area contributed by atoms with Crippen molar-refractivity contribution in [3.05, 3.63) is 82.7 Å². The van der Waals surface area contributed by atoms with Gasteiger partial charge < -0.3 is 10.6 Å². The molecule has 0 atom stereocenters. The largest absolute Gasteiger partial charge is 0.321 e. The summed E-state index contributed by atoms with van der Waals surface area (Å²) in [5, 5.41) is 9.61. The first kappa shape index (κ1) is 18.5. The summed E-state index contributed by atoms with van der Waals surface area (Å²) in [5.74, 6) is -0.109. The van der Waals surface area contributed by atoms with Crippen molar-refractivity contribution in [2.24, 2.45) is 0 Å². The first-order valence-electron chi connectivity index (χ1n) is 8.70. The maximum Gasteiger partial charge on any atom is 0.266 e. The molecule has 0 fully saturated rings. The Balaban J connectivity index is 1.41. The molecular weight excluding hydrogens is 388 g/mol. The molecule has 2 N–H and O–H groups in total. The highest BCUT2D eigenvalue weighted by molar-refractivity contribution is 7.16. The van der Waals surface area contributed by atoms with E-state index in [4.69, 9.17) is 0 Å². The van der Waals surface area contributed by atoms with E-state index < -0.39 is 0 Å². The van der Waals surface area contributed by atoms with Crippen molar-refractivity contribution in [2.75, 3.05) is 10.6 Å². The highest BCUT2D eigenvalue weighted by Gasteiger charge is 2.15. The van der Waals surface area contributed by atoms with Gasteiger partial charge >= 0.3 is 0 Å². The van der Waals surface area contributed by atoms with Gasteiger partial charge in [-0.3, -0.25) is 9.59 Å². The van der Waals surface area contributed by atoms with Crippen LogP contribution < -0.4 is 10.6 Å². The second-order valence-electron chi connectivity index (χ2n) is 6.12. The number of rotatable bonds is 5. The fraction of sp³-hybridized carbons (Fsp3) is 0.0500. The number of carbonyl (C=O) groups is 2. The van der Waals surface area contributed by atoms with Crippen LogP contribution in [0.2, 0.25) is 0 Å². The third-order valence-corrected chi connectivity index (χ3v) is 5.07. The van der Waals surface area contributed by atoms with Crippen LogP contribution in [0, 0.1) is 6.92 Å². The van der Waals surface area contributed by atoms with Crippen LogP contribution in [-0.4, -0.2) is 31.6 Å². The van der Waals surface area contributed by atoms with Crippen molar-refractivity contribution < 1.29 is 9.59 Å². The maximum absolute atomic E-state index is 12.5. The van der Waals surface area contributed by atoms with Crippen LogP contribution in [0.1, 0.15) is 25.0 Å². The quantitative estimate of drug-likeness (QED) is 0.530. The van der Waals surface area contributed by atoms with Crippen molar-refractivity contribution in [3.8, 4) is 5.69 Å². The number of nitrogens with zero attached hydrogens (tertiary/aromatic N) is 4. The van der Waals surface area contributed by atoms with Gasteiger partial charge in [-0.15, -0.1) is 11.3 Å². The Morgan fingerprint density at radius 1 is 0.931 bits per heavy atom. The molecule has 9 heteroatoms. The Morgan fingerprint density at radius 2 is 1.66 bits per heavy atom. The fourth-order valence-corrected chi connectivity index (χ4v) is 3.40. The van der Waals surface area contributed by atoms with Gasteiger partial charge in [0.25, 0.3) is 11.8 Å². The predicted octanol–water partition coefficient (Wildman–Crippen LogP) is 3.54. The maximum atomic E-state index is 12.5. The summed E-state index contributed by atoms with van der Waals surface area (Å²) < 4.78 is 1.62. The smallest absolute Gasteiger partial charge is 0.266 e. The van der Waals surface area contributed by atoms with E-state index in [0.29, 0.717) is 21.3 Å². The number of anilines is 2. The first-order valence-corrected chi connectivity index (χ1v) is 9.51. The number of aryl methyl sites for hydroxylation is 1. The van der Waals surface area contributed by atoms with Gasteiger partial charge in [0.15, 0.2) is 0 Å². The molecule has 4 rings (SSSR count). The lowest BCUT2D eigenvalue weighted by atomic mass is 10.2. The Bertz CT molecular complexity index is 1150. The van der Waals surface area contributed by atoms with Crippen molar-refractivity contribution in [2.45, 2.75) is 6.92 Å². The van der Waals surface area contributed by atoms with Crippen molar-refractivity contribution in [1.82, 2.24) is 19.7 Å². The SMILES string of the molecule is Cc1cccc(NC(=O)c2ccc(C(=O)Nc3ccc(-n4cncn4)cc3)s2)n1. The molecule has 0 saturated heterocycles. The summed E-state index contributed by atoms with van der Waals surface area (Å²) in [6.07, 6.45) is 3.05. The second-order valence-corrected chi connectivity index (χ2v) is 7.21. The predicted molar refractivity (Wildman–Crippen MR) is 111 cm³/mol. The molecule has 0 aliphatic carbocycles. The van der Waals surface area contributed by atoms with E-state index in [1.54, 1.807) is 41.3 Å². The summed E-state index contributed by atoms with van der Waals surface area (Å²) >= 11 is 1.12. The van der Waals surface area contributed by atoms with Crippen LogP contribution in [0.25, 0.3) is 5.69 Å². The van der Waals surface area contributed by atoms with E-state index in [-0.39, 0.29) is 11.8 Å². The van der Waals surface area contributed by atoms with Gasteiger partial charge in [-0.2, -0.15) is 5.10 Å². The van der Waals surface area contributed by atoms with Crippen LogP contribution in [0.5, 0.6) is 0 Å². The molecule has 0 aliphatic rings. The zero-order valence-corrected chi connectivity index (χ0v) is 16.2. The van der Waals surface area contributed by atoms with Crippen molar-refractivity contribution in [1.29, 1.82) is 0 Å². The first-order chi connectivity index (χ1) is 14.1. The van der Waals surface area contributed by atoms with Crippen molar-refractivity contribution >= 4 is 34.7 Å². The van der Waals surface area contributed by atoms with E-state index in [1.165, 1.54) is 6.33 Å². The molecule has 0 aliphatic heterocycles. The van der Waals surface area contributed by atoms with Gasteiger partial charge in [-0.05, 0) is 55.5 Å². The molecule has 8 nitrogen and oxygen atoms in total. The van der Waals surface area contributed by atoms with Crippen LogP contribution in [0.3, 0.4) is 0 Å². The standard InChI is InChI=1S/C20H16N6O2S/c1-13-3-2-4-18(23-13)25-20(28)17-10-9-16(29-17)19(27)24-14-5-7-15(8-6-14)26-12-21-11-22-26/h2-12H,1H3,(H,24,27)(H,23,25,28). The number of thiophene rings is 1. The van der Waals surface area contributed by atoms with Gasteiger partial charge in [-0.1, -0.05) is 6.07 Å². The Morgan fingerprint density at radius 3 is 2.31 bits per heavy atom. The molecule has 2 amide bonds. The number of hydrogen-bond donors (Lipinski definition) is 2. The van der Waals surface area contributed by atoms with E-state index in [9.17, 15) is 9.59 Å². The molecule has 3 aromatic heterocycles. The van der Waals surface area contributed by atoms with E-state index in [0.717, 1.165) is 22.7 Å². The summed E-state index contributed by atoms with van der Waals surface area (Å²) in [7, 11) is 0. The average Bonchev–Trinajstić information content (AvgIpc) is 3.41. The molecule has 0 radical (unpaired) electrons. The number of aromatic nitrogens is 4. The molecular formula is C20H16N6O2S. The zero-order valence-electron chi connectivity index (χ0n) is 15.4. The Labute approximate surface area is 170 Å². The highest BCUT2D eigenvalue weighted by atomic mass is 32.1. The second kappa shape index (κ2) is 8.03. The monoisotopic (exact) mass is 404 g/mol. The number of pyridine rings is 1. The summed E-state index contributed by atoms with van der Waals surface area (Å²) in [4.78, 5) is 33.9. The van der Waals surface area contributed by atoms with Gasteiger partial charge in [0.2, 0.25) is 0 Å². The van der Waals surface area contributed by atoms with Gasteiger partial charge in [-0.25, -0.2) is 14.6 Å². The normalized spacial score (nSPS) is 10.5. The number of benzene rings is 1. The minimum Gasteiger partial charge on any atom is -0.321 e. The third-order valence-electron chi connectivity index (χ3n) is 3.99. The van der Waals surface area contributed by atoms with E-state index in [1.807, 2.05) is 31.2 Å². The minimum absolute atomic E-state index is 0.281. The summed E-state index contributed by atoms with van der Waals surface area (Å²) in [6, 6.07) is 15.8. The molecule has 0 saturated carbocycles. The number of carbonyl (C=O) groups excluding carboxylic acids is 2. The van der Waals surface area contributed by atoms with Crippen molar-refractivity contribution in [3.63, 3.8) is 0 Å². The Hall–Kier alpha value is -3.85. The molecule has 1 aromatic carbocycles. The van der Waals surface area contributed by atoms with Gasteiger partial charge in [0.05, 0.1) is 15.4 Å². The highest BCUT2D eigenvalue weighted by Crippen LogP contribution is 2.20. The number of hydrogen-bond acceptors (Lipinski definition) is 6. The lowest BCUT2D eigenvalue weighted by Crippen LogP contribution is -2.12. The van der Waals surface area contributed by atoms with Crippen LogP contribution >= 0.6 is 11.3 Å². The fourth-order valence-electron chi connectivity index (χ4n) is 2.60. The summed E-state index contributed by atoms with van der Waals surface area (Å²) in [6.45, 7) is 1.85. The lowest BCUT2D eigenvalue weighted by molar-refractivity contribution is 0.102. The van der Waals surface area contributed by atoms with Crippen LogP contribution in [0.15, 0.2) is 67.3 Å². The molecule has 4 aromatic rings. The third kappa shape index (κ3) is 4.36. The van der Waals surface area contributed by atoms with Gasteiger partial charge in [0, 0.05) is 11.4 Å². The topological polar surface area (TPSA) is 102 Å². The number of nitrogens with one attached hydrogen (secondary N) is 2. The molecule has 0 unspecified atom stereocenters. The molecule has 3 heterocycles. The molecule has 0 bridgehead atoms. The van der Waals surface area contributed by atoms with E-state index >= 15 is 0 Å². The molecule has 29 heavy (non-hydrogen) atoms. The summed E-state index contributed by atoms with van der Waals surface area (Å²) in [5.41, 5.74) is 2.28. The minimum atomic E-state index is -0.302. The lowest BCUT2D eigenvalue weighted by Gasteiger charge is -2.05. The average molecular weight is 404 g/mol. The van der Waals surface area contributed by atoms with Gasteiger partial charge in [0.1, 0.15) is 18.5 Å². The van der Waals surface area contributed by atoms with Crippen LogP contribution in [0.4, 0.5) is 11.5 Å². The molecule has 144 valence electrons. The Kier molecular flexibility index (Phi) is 5.12. The zero-order chi connectivity index (χ0) is 20.2.